The van der Waals surface area contributed by atoms with Crippen molar-refractivity contribution in [2.75, 3.05) is 76.4 Å². The van der Waals surface area contributed by atoms with E-state index in [0.29, 0.717) is 50.9 Å². The van der Waals surface area contributed by atoms with Crippen LogP contribution in [0.3, 0.4) is 0 Å². The smallest absolute Gasteiger partial charge is 0.416 e. The van der Waals surface area contributed by atoms with Gasteiger partial charge in [0.2, 0.25) is 5.88 Å². The minimum Gasteiger partial charge on any atom is -0.476 e. The molecule has 2 fully saturated rings. The third-order valence-electron chi connectivity index (χ3n) is 7.68. The average Bonchev–Trinajstić information content (AvgIpc) is 2.99. The second-order valence-corrected chi connectivity index (χ2v) is 11.2. The highest BCUT2D eigenvalue weighted by atomic mass is 19.4. The Morgan fingerprint density at radius 3 is 2.41 bits per heavy atom. The SMILES string of the molecule is C=C/C(=C\C(=C(C)C)c1cnc(OCC)c(N2CCOCC2)c1)C(=O)Nc1cc(CN2CCN(C)CC2)cc(C(F)(F)F)c1. The molecule has 4 rings (SSSR count). The molecule has 1 aromatic heterocycles. The largest absolute Gasteiger partial charge is 0.476 e. The van der Waals surface area contributed by atoms with Gasteiger partial charge in [0.25, 0.3) is 5.91 Å². The molecular weight excluding hydrogens is 571 g/mol. The molecule has 2 aliphatic heterocycles. The molecule has 1 aromatic carbocycles. The molecule has 2 aliphatic rings. The number of hydrogen-bond acceptors (Lipinski definition) is 7. The monoisotopic (exact) mass is 613 g/mol. The number of allylic oxidation sites excluding steroid dienone is 3. The number of benzene rings is 1. The summed E-state index contributed by atoms with van der Waals surface area (Å²) in [4.78, 5) is 24.5. The van der Waals surface area contributed by atoms with Crippen LogP contribution in [0.15, 0.2) is 60.3 Å². The molecular formula is C33H42F3N5O3. The second kappa shape index (κ2) is 14.9. The number of ether oxygens (including phenoxy) is 2. The number of piperazine rings is 1. The Bertz CT molecular complexity index is 1390. The fourth-order valence-electron chi connectivity index (χ4n) is 5.24. The number of hydrogen-bond donors (Lipinski definition) is 1. The first-order valence-corrected chi connectivity index (χ1v) is 14.9. The predicted octanol–water partition coefficient (Wildman–Crippen LogP) is 5.63. The molecule has 0 unspecified atom stereocenters. The van der Waals surface area contributed by atoms with Crippen LogP contribution in [0.2, 0.25) is 0 Å². The van der Waals surface area contributed by atoms with Gasteiger partial charge in [-0.15, -0.1) is 0 Å². The summed E-state index contributed by atoms with van der Waals surface area (Å²) in [5, 5.41) is 2.69. The summed E-state index contributed by atoms with van der Waals surface area (Å²) in [6.45, 7) is 16.2. The van der Waals surface area contributed by atoms with Gasteiger partial charge in [-0.3, -0.25) is 9.69 Å². The molecule has 2 aromatic rings. The molecule has 0 saturated carbocycles. The number of carbonyl (C=O) groups excluding carboxylic acids is 1. The van der Waals surface area contributed by atoms with Gasteiger partial charge in [0.1, 0.15) is 5.69 Å². The van der Waals surface area contributed by atoms with Crippen molar-refractivity contribution in [3.8, 4) is 5.88 Å². The number of nitrogens with one attached hydrogen (secondary N) is 1. The number of amides is 1. The van der Waals surface area contributed by atoms with Gasteiger partial charge in [-0.1, -0.05) is 18.2 Å². The Balaban J connectivity index is 1.62. The zero-order chi connectivity index (χ0) is 31.9. The summed E-state index contributed by atoms with van der Waals surface area (Å²) in [6, 6.07) is 5.72. The maximum atomic E-state index is 13.8. The van der Waals surface area contributed by atoms with Crippen molar-refractivity contribution in [2.45, 2.75) is 33.5 Å². The Labute approximate surface area is 257 Å². The van der Waals surface area contributed by atoms with Gasteiger partial charge in [0.15, 0.2) is 0 Å². The van der Waals surface area contributed by atoms with E-state index >= 15 is 0 Å². The van der Waals surface area contributed by atoms with Crippen molar-refractivity contribution in [1.29, 1.82) is 0 Å². The maximum Gasteiger partial charge on any atom is 0.416 e. The Hall–Kier alpha value is -3.67. The van der Waals surface area contributed by atoms with E-state index in [1.807, 2.05) is 33.9 Å². The van der Waals surface area contributed by atoms with Crippen molar-refractivity contribution >= 4 is 22.9 Å². The minimum absolute atomic E-state index is 0.0813. The second-order valence-electron chi connectivity index (χ2n) is 11.2. The first-order valence-electron chi connectivity index (χ1n) is 14.9. The number of rotatable bonds is 10. The van der Waals surface area contributed by atoms with Gasteiger partial charge in [0, 0.05) is 68.8 Å². The molecule has 0 radical (unpaired) electrons. The summed E-state index contributed by atoms with van der Waals surface area (Å²) in [6.07, 6.45) is 0.241. The summed E-state index contributed by atoms with van der Waals surface area (Å²) < 4.78 is 52.8. The molecule has 1 amide bonds. The van der Waals surface area contributed by atoms with Crippen molar-refractivity contribution < 1.29 is 27.4 Å². The van der Waals surface area contributed by atoms with E-state index in [-0.39, 0.29) is 11.3 Å². The van der Waals surface area contributed by atoms with Crippen LogP contribution < -0.4 is 15.0 Å². The Morgan fingerprint density at radius 1 is 1.09 bits per heavy atom. The number of aromatic nitrogens is 1. The summed E-state index contributed by atoms with van der Waals surface area (Å²) in [5.41, 5.74) is 3.26. The van der Waals surface area contributed by atoms with Gasteiger partial charge in [-0.2, -0.15) is 13.2 Å². The fraction of sp³-hybridized carbons (Fsp3) is 0.455. The molecule has 1 N–H and O–H groups in total. The predicted molar refractivity (Wildman–Crippen MR) is 168 cm³/mol. The van der Waals surface area contributed by atoms with Crippen molar-refractivity contribution in [2.24, 2.45) is 0 Å². The number of anilines is 2. The van der Waals surface area contributed by atoms with Crippen LogP contribution in [-0.4, -0.2) is 86.8 Å². The molecule has 2 saturated heterocycles. The van der Waals surface area contributed by atoms with E-state index < -0.39 is 17.6 Å². The zero-order valence-corrected chi connectivity index (χ0v) is 26.0. The van der Waals surface area contributed by atoms with Gasteiger partial charge < -0.3 is 24.6 Å². The third kappa shape index (κ3) is 8.71. The lowest BCUT2D eigenvalue weighted by atomic mass is 9.99. The van der Waals surface area contributed by atoms with Crippen LogP contribution in [0.5, 0.6) is 5.88 Å². The summed E-state index contributed by atoms with van der Waals surface area (Å²) in [5.74, 6) is -0.0373. The van der Waals surface area contributed by atoms with Gasteiger partial charge in [-0.25, -0.2) is 4.98 Å². The lowest BCUT2D eigenvalue weighted by molar-refractivity contribution is -0.137. The van der Waals surface area contributed by atoms with E-state index in [1.165, 1.54) is 6.08 Å². The molecule has 0 bridgehead atoms. The van der Waals surface area contributed by atoms with Crippen LogP contribution >= 0.6 is 0 Å². The maximum absolute atomic E-state index is 13.8. The van der Waals surface area contributed by atoms with E-state index in [4.69, 9.17) is 9.47 Å². The van der Waals surface area contributed by atoms with E-state index in [9.17, 15) is 18.0 Å². The Morgan fingerprint density at radius 2 is 1.80 bits per heavy atom. The number of nitrogens with zero attached hydrogens (tertiary/aromatic N) is 4. The van der Waals surface area contributed by atoms with Gasteiger partial charge in [0.05, 0.1) is 25.4 Å². The van der Waals surface area contributed by atoms with Gasteiger partial charge >= 0.3 is 6.18 Å². The highest BCUT2D eigenvalue weighted by molar-refractivity contribution is 6.07. The highest BCUT2D eigenvalue weighted by Gasteiger charge is 2.32. The van der Waals surface area contributed by atoms with E-state index in [0.717, 1.165) is 60.7 Å². The highest BCUT2D eigenvalue weighted by Crippen LogP contribution is 2.34. The number of likely N-dealkylation sites (N-methyl/N-ethyl adjacent to an activating group) is 1. The number of morpholine rings is 1. The molecule has 44 heavy (non-hydrogen) atoms. The Kier molecular flexibility index (Phi) is 11.2. The lowest BCUT2D eigenvalue weighted by Gasteiger charge is -2.32. The summed E-state index contributed by atoms with van der Waals surface area (Å²) in [7, 11) is 2.02. The standard InChI is InChI=1S/C33H42F3N5O3/c1-6-25(18-29(23(3)4)26-19-30(32(37-21-26)44-7-2)41-12-14-43-15-13-41)31(42)38-28-17-24(16-27(20-28)33(34,35)36)22-40-10-8-39(5)9-11-40/h6,16-21H,1,7-15,22H2,2-5H3,(H,38,42)/b25-18+. The van der Waals surface area contributed by atoms with Crippen LogP contribution in [0, 0.1) is 0 Å². The summed E-state index contributed by atoms with van der Waals surface area (Å²) >= 11 is 0. The normalized spacial score (nSPS) is 16.9. The first kappa shape index (κ1) is 33.2. The zero-order valence-electron chi connectivity index (χ0n) is 26.0. The fourth-order valence-corrected chi connectivity index (χ4v) is 5.24. The molecule has 0 spiro atoms. The van der Waals surface area contributed by atoms with Crippen LogP contribution in [0.25, 0.3) is 5.57 Å². The van der Waals surface area contributed by atoms with Crippen molar-refractivity contribution in [3.63, 3.8) is 0 Å². The average molecular weight is 614 g/mol. The van der Waals surface area contributed by atoms with E-state index in [2.05, 4.69) is 31.6 Å². The number of carbonyl (C=O) groups is 1. The topological polar surface area (TPSA) is 70.2 Å². The van der Waals surface area contributed by atoms with E-state index in [1.54, 1.807) is 18.3 Å². The third-order valence-corrected chi connectivity index (χ3v) is 7.68. The quantitative estimate of drug-likeness (QED) is 0.275. The minimum atomic E-state index is -4.55. The molecule has 8 nitrogen and oxygen atoms in total. The molecule has 0 atom stereocenters. The van der Waals surface area contributed by atoms with Crippen molar-refractivity contribution in [3.05, 3.63) is 77.0 Å². The molecule has 3 heterocycles. The molecule has 11 heteroatoms. The van der Waals surface area contributed by atoms with Gasteiger partial charge in [-0.05, 0) is 69.3 Å². The van der Waals surface area contributed by atoms with Crippen LogP contribution in [-0.2, 0) is 22.3 Å². The number of alkyl halides is 3. The number of pyridine rings is 1. The first-order chi connectivity index (χ1) is 21.0. The molecule has 238 valence electrons. The lowest BCUT2D eigenvalue weighted by Crippen LogP contribution is -2.43. The van der Waals surface area contributed by atoms with Crippen LogP contribution in [0.1, 0.15) is 37.5 Å². The number of halogens is 3. The van der Waals surface area contributed by atoms with Crippen LogP contribution in [0.4, 0.5) is 24.5 Å². The van der Waals surface area contributed by atoms with Crippen molar-refractivity contribution in [1.82, 2.24) is 14.8 Å². The molecule has 0 aliphatic carbocycles.